The van der Waals surface area contributed by atoms with Gasteiger partial charge in [-0.3, -0.25) is 5.84 Å². The van der Waals surface area contributed by atoms with Gasteiger partial charge in [0.05, 0.1) is 12.0 Å². The van der Waals surface area contributed by atoms with Crippen molar-refractivity contribution in [3.8, 4) is 5.75 Å². The standard InChI is InChI=1S/C7H10N2O3S.ClH/c1-12-6-2-4-7(5-3-6)13(10,11)9-8;/h2-5,9H,8H2,1H3;1H. The number of hydrazine groups is 1. The minimum atomic E-state index is -3.55. The predicted molar refractivity (Wildman–Crippen MR) is 54.8 cm³/mol. The molecule has 0 heterocycles. The summed E-state index contributed by atoms with van der Waals surface area (Å²) in [6, 6.07) is 5.91. The van der Waals surface area contributed by atoms with E-state index in [0.717, 1.165) is 0 Å². The van der Waals surface area contributed by atoms with Gasteiger partial charge in [0.1, 0.15) is 5.75 Å². The molecule has 0 amide bonds. The van der Waals surface area contributed by atoms with Crippen molar-refractivity contribution in [1.29, 1.82) is 0 Å². The summed E-state index contributed by atoms with van der Waals surface area (Å²) in [6.45, 7) is 0. The van der Waals surface area contributed by atoms with Gasteiger partial charge in [-0.25, -0.2) is 8.42 Å². The van der Waals surface area contributed by atoms with Crippen molar-refractivity contribution in [3.05, 3.63) is 24.3 Å². The first-order chi connectivity index (χ1) is 6.10. The monoisotopic (exact) mass is 238 g/mol. The van der Waals surface area contributed by atoms with Crippen molar-refractivity contribution >= 4 is 22.4 Å². The topological polar surface area (TPSA) is 81.4 Å². The Morgan fingerprint density at radius 2 is 1.79 bits per heavy atom. The summed E-state index contributed by atoms with van der Waals surface area (Å²) in [5.41, 5.74) is 0. The van der Waals surface area contributed by atoms with Gasteiger partial charge < -0.3 is 4.74 Å². The highest BCUT2D eigenvalue weighted by Crippen LogP contribution is 2.14. The molecule has 1 aromatic carbocycles. The second-order valence-electron chi connectivity index (χ2n) is 2.30. The lowest BCUT2D eigenvalue weighted by atomic mass is 10.3. The molecule has 0 unspecified atom stereocenters. The third-order valence-electron chi connectivity index (χ3n) is 1.52. The lowest BCUT2D eigenvalue weighted by Gasteiger charge is -2.02. The molecule has 0 aromatic heterocycles. The molecule has 0 aliphatic heterocycles. The van der Waals surface area contributed by atoms with E-state index in [1.807, 2.05) is 0 Å². The number of hydrogen-bond acceptors (Lipinski definition) is 4. The normalized spacial score (nSPS) is 10.4. The number of methoxy groups -OCH3 is 1. The van der Waals surface area contributed by atoms with Crippen LogP contribution in [0.25, 0.3) is 0 Å². The number of hydrogen-bond donors (Lipinski definition) is 2. The lowest BCUT2D eigenvalue weighted by Crippen LogP contribution is -2.30. The van der Waals surface area contributed by atoms with Gasteiger partial charge in [0.15, 0.2) is 0 Å². The first-order valence-electron chi connectivity index (χ1n) is 3.46. The molecule has 1 aromatic rings. The molecule has 0 bridgehead atoms. The van der Waals surface area contributed by atoms with Gasteiger partial charge in [0.25, 0.3) is 10.0 Å². The largest absolute Gasteiger partial charge is 0.497 e. The zero-order chi connectivity index (χ0) is 9.90. The Hall–Kier alpha value is -0.820. The van der Waals surface area contributed by atoms with Crippen molar-refractivity contribution in [2.75, 3.05) is 7.11 Å². The lowest BCUT2D eigenvalue weighted by molar-refractivity contribution is 0.414. The molecule has 5 nitrogen and oxygen atoms in total. The van der Waals surface area contributed by atoms with Gasteiger partial charge in [-0.2, -0.15) is 4.83 Å². The Morgan fingerprint density at radius 3 is 2.14 bits per heavy atom. The summed E-state index contributed by atoms with van der Waals surface area (Å²) in [7, 11) is -2.05. The average Bonchev–Trinajstić information content (AvgIpc) is 2.18. The number of nitrogens with two attached hydrogens (primary N) is 1. The second-order valence-corrected chi connectivity index (χ2v) is 4.01. The Labute approximate surface area is 88.7 Å². The Balaban J connectivity index is 0.00000169. The Kier molecular flexibility index (Phi) is 4.86. The fraction of sp³-hybridized carbons (Fsp3) is 0.143. The van der Waals surface area contributed by atoms with Crippen LogP contribution in [-0.4, -0.2) is 15.5 Å². The van der Waals surface area contributed by atoms with Gasteiger partial charge in [-0.15, -0.1) is 12.4 Å². The van der Waals surface area contributed by atoms with Gasteiger partial charge in [0, 0.05) is 0 Å². The third-order valence-corrected chi connectivity index (χ3v) is 2.73. The SMILES string of the molecule is COc1ccc(S(=O)(=O)NN)cc1.Cl. The first kappa shape index (κ1) is 13.2. The summed E-state index contributed by atoms with van der Waals surface area (Å²) in [4.78, 5) is 1.83. The molecule has 0 spiro atoms. The number of nitrogens with one attached hydrogen (secondary N) is 1. The number of ether oxygens (including phenoxy) is 1. The molecule has 0 atom stereocenters. The number of halogens is 1. The molecule has 7 heteroatoms. The van der Waals surface area contributed by atoms with Crippen LogP contribution in [0.4, 0.5) is 0 Å². The van der Waals surface area contributed by atoms with E-state index >= 15 is 0 Å². The van der Waals surface area contributed by atoms with E-state index in [-0.39, 0.29) is 17.3 Å². The Bertz CT molecular complexity index is 376. The van der Waals surface area contributed by atoms with Crippen LogP contribution in [-0.2, 0) is 10.0 Å². The van der Waals surface area contributed by atoms with Crippen LogP contribution >= 0.6 is 12.4 Å². The molecule has 0 aliphatic carbocycles. The smallest absolute Gasteiger partial charge is 0.253 e. The van der Waals surface area contributed by atoms with Gasteiger partial charge in [0.2, 0.25) is 0 Å². The third kappa shape index (κ3) is 2.85. The summed E-state index contributed by atoms with van der Waals surface area (Å²) in [6.07, 6.45) is 0. The summed E-state index contributed by atoms with van der Waals surface area (Å²) < 4.78 is 27.1. The summed E-state index contributed by atoms with van der Waals surface area (Å²) >= 11 is 0. The van der Waals surface area contributed by atoms with Crippen LogP contribution in [0.5, 0.6) is 5.75 Å². The fourth-order valence-electron chi connectivity index (χ4n) is 0.823. The molecule has 14 heavy (non-hydrogen) atoms. The van der Waals surface area contributed by atoms with E-state index in [1.54, 1.807) is 17.0 Å². The van der Waals surface area contributed by atoms with E-state index < -0.39 is 10.0 Å². The maximum Gasteiger partial charge on any atom is 0.253 e. The maximum absolute atomic E-state index is 11.1. The first-order valence-corrected chi connectivity index (χ1v) is 4.95. The Morgan fingerprint density at radius 1 is 1.29 bits per heavy atom. The maximum atomic E-state index is 11.1. The number of rotatable bonds is 3. The van der Waals surface area contributed by atoms with Gasteiger partial charge in [-0.05, 0) is 24.3 Å². The van der Waals surface area contributed by atoms with Crippen molar-refractivity contribution in [1.82, 2.24) is 4.83 Å². The molecule has 1 rings (SSSR count). The number of benzene rings is 1. The fourth-order valence-corrected chi connectivity index (χ4v) is 1.45. The second kappa shape index (κ2) is 5.16. The number of sulfonamides is 1. The average molecular weight is 239 g/mol. The zero-order valence-electron chi connectivity index (χ0n) is 7.43. The van der Waals surface area contributed by atoms with Crippen LogP contribution in [0.2, 0.25) is 0 Å². The van der Waals surface area contributed by atoms with E-state index in [9.17, 15) is 8.42 Å². The van der Waals surface area contributed by atoms with Crippen LogP contribution in [0, 0.1) is 0 Å². The van der Waals surface area contributed by atoms with Crippen LogP contribution in [0.1, 0.15) is 0 Å². The molecule has 0 radical (unpaired) electrons. The van der Waals surface area contributed by atoms with Crippen molar-refractivity contribution in [3.63, 3.8) is 0 Å². The molecule has 0 aliphatic rings. The van der Waals surface area contributed by atoms with Crippen molar-refractivity contribution in [2.45, 2.75) is 4.90 Å². The predicted octanol–water partition coefficient (Wildman–Crippen LogP) is 0.269. The van der Waals surface area contributed by atoms with E-state index in [1.165, 1.54) is 19.2 Å². The van der Waals surface area contributed by atoms with Crippen molar-refractivity contribution in [2.24, 2.45) is 5.84 Å². The van der Waals surface area contributed by atoms with Gasteiger partial charge >= 0.3 is 0 Å². The molecule has 80 valence electrons. The van der Waals surface area contributed by atoms with Crippen LogP contribution in [0.15, 0.2) is 29.2 Å². The zero-order valence-corrected chi connectivity index (χ0v) is 9.06. The van der Waals surface area contributed by atoms with Crippen molar-refractivity contribution < 1.29 is 13.2 Å². The summed E-state index contributed by atoms with van der Waals surface area (Å²) in [5, 5.41) is 0. The summed E-state index contributed by atoms with van der Waals surface area (Å²) in [5.74, 6) is 5.43. The molecule has 0 saturated carbocycles. The quantitative estimate of drug-likeness (QED) is 0.585. The van der Waals surface area contributed by atoms with E-state index in [0.29, 0.717) is 5.75 Å². The van der Waals surface area contributed by atoms with Gasteiger partial charge in [-0.1, -0.05) is 0 Å². The molecular weight excluding hydrogens is 228 g/mol. The van der Waals surface area contributed by atoms with E-state index in [4.69, 9.17) is 10.6 Å². The minimum Gasteiger partial charge on any atom is -0.497 e. The van der Waals surface area contributed by atoms with Crippen LogP contribution in [0.3, 0.4) is 0 Å². The molecule has 3 N–H and O–H groups in total. The minimum absolute atomic E-state index is 0. The highest BCUT2D eigenvalue weighted by molar-refractivity contribution is 7.89. The molecule has 0 saturated heterocycles. The molecular formula is C7H11ClN2O3S. The highest BCUT2D eigenvalue weighted by Gasteiger charge is 2.10. The van der Waals surface area contributed by atoms with Crippen LogP contribution < -0.4 is 15.4 Å². The highest BCUT2D eigenvalue weighted by atomic mass is 35.5. The van der Waals surface area contributed by atoms with E-state index in [2.05, 4.69) is 0 Å². The molecule has 0 fully saturated rings.